The van der Waals surface area contributed by atoms with Gasteiger partial charge in [0.15, 0.2) is 0 Å². The third-order valence-electron chi connectivity index (χ3n) is 6.16. The fourth-order valence-electron chi connectivity index (χ4n) is 4.38. The first-order valence-electron chi connectivity index (χ1n) is 11.5. The smallest absolute Gasteiger partial charge is 0.379 e. The van der Waals surface area contributed by atoms with Crippen molar-refractivity contribution in [2.75, 3.05) is 0 Å². The SMILES string of the molecule is Cc1c(C(=O)Oc2cccc3ccccc23)oc2c1/C(=N/NC(=O)c1ccc(Cl)c([N+](=O)[O-])c1)CCC2. The van der Waals surface area contributed by atoms with Gasteiger partial charge >= 0.3 is 5.97 Å². The van der Waals surface area contributed by atoms with Crippen molar-refractivity contribution in [3.8, 4) is 5.75 Å². The molecule has 186 valence electrons. The number of aryl methyl sites for hydroxylation is 1. The van der Waals surface area contributed by atoms with Crippen LogP contribution in [-0.4, -0.2) is 22.5 Å². The third-order valence-corrected chi connectivity index (χ3v) is 6.48. The van der Waals surface area contributed by atoms with Gasteiger partial charge in [-0.05, 0) is 43.4 Å². The van der Waals surface area contributed by atoms with Gasteiger partial charge in [0.05, 0.1) is 10.6 Å². The van der Waals surface area contributed by atoms with Crippen LogP contribution in [-0.2, 0) is 6.42 Å². The predicted molar refractivity (Wildman–Crippen MR) is 137 cm³/mol. The van der Waals surface area contributed by atoms with Crippen LogP contribution in [0.5, 0.6) is 5.75 Å². The van der Waals surface area contributed by atoms with Gasteiger partial charge in [0.2, 0.25) is 5.76 Å². The number of ether oxygens (including phenoxy) is 1. The number of hydrogen-bond donors (Lipinski definition) is 1. The summed E-state index contributed by atoms with van der Waals surface area (Å²) in [6.07, 6.45) is 1.86. The molecule has 37 heavy (non-hydrogen) atoms. The van der Waals surface area contributed by atoms with Crippen molar-refractivity contribution >= 4 is 45.6 Å². The molecule has 1 aliphatic carbocycles. The van der Waals surface area contributed by atoms with E-state index in [0.29, 0.717) is 47.6 Å². The summed E-state index contributed by atoms with van der Waals surface area (Å²) >= 11 is 5.83. The Morgan fingerprint density at radius 1 is 1.11 bits per heavy atom. The van der Waals surface area contributed by atoms with E-state index in [1.54, 1.807) is 13.0 Å². The zero-order valence-electron chi connectivity index (χ0n) is 19.6. The van der Waals surface area contributed by atoms with Gasteiger partial charge in [-0.3, -0.25) is 14.9 Å². The number of carbonyl (C=O) groups excluding carboxylic acids is 2. The molecule has 1 aliphatic rings. The minimum absolute atomic E-state index is 0.0414. The number of carbonyl (C=O) groups is 2. The van der Waals surface area contributed by atoms with Crippen molar-refractivity contribution in [2.24, 2.45) is 5.10 Å². The maximum atomic E-state index is 13.1. The molecule has 9 nitrogen and oxygen atoms in total. The molecule has 4 aromatic rings. The Hall–Kier alpha value is -4.50. The van der Waals surface area contributed by atoms with Crippen molar-refractivity contribution in [1.29, 1.82) is 0 Å². The number of esters is 1. The van der Waals surface area contributed by atoms with Gasteiger partial charge < -0.3 is 9.15 Å². The minimum atomic E-state index is -0.661. The number of nitrogens with zero attached hydrogens (tertiary/aromatic N) is 2. The van der Waals surface area contributed by atoms with E-state index in [0.717, 1.165) is 16.8 Å². The van der Waals surface area contributed by atoms with Crippen molar-refractivity contribution < 1.29 is 23.7 Å². The Labute approximate surface area is 215 Å². The lowest BCUT2D eigenvalue weighted by molar-refractivity contribution is -0.384. The maximum absolute atomic E-state index is 13.1. The highest BCUT2D eigenvalue weighted by Crippen LogP contribution is 2.32. The molecule has 0 fully saturated rings. The molecular formula is C27H20ClN3O6. The van der Waals surface area contributed by atoms with Crippen LogP contribution in [0.3, 0.4) is 0 Å². The van der Waals surface area contributed by atoms with E-state index in [2.05, 4.69) is 10.5 Å². The number of hydrogen-bond acceptors (Lipinski definition) is 7. The summed E-state index contributed by atoms with van der Waals surface area (Å²) in [6, 6.07) is 16.8. The lowest BCUT2D eigenvalue weighted by Gasteiger charge is -2.13. The number of nitro groups is 1. The van der Waals surface area contributed by atoms with Crippen molar-refractivity contribution in [3.05, 3.63) is 104 Å². The van der Waals surface area contributed by atoms with E-state index in [4.69, 9.17) is 20.8 Å². The molecule has 1 N–H and O–H groups in total. The molecule has 3 aromatic carbocycles. The second-order valence-corrected chi connectivity index (χ2v) is 8.90. The van der Waals surface area contributed by atoms with Crippen LogP contribution in [0.25, 0.3) is 10.8 Å². The summed E-state index contributed by atoms with van der Waals surface area (Å²) in [4.78, 5) is 36.2. The Balaban J connectivity index is 1.40. The monoisotopic (exact) mass is 517 g/mol. The standard InChI is InChI=1S/C27H20ClN3O6/c1-15-24-20(29-30-26(32)17-12-13-19(28)21(14-17)31(34)35)9-5-11-23(24)36-25(15)27(33)37-22-10-4-7-16-6-2-3-8-18(16)22/h2-4,6-8,10,12-14H,5,9,11H2,1H3,(H,30,32)/b29-20+. The van der Waals surface area contributed by atoms with Gasteiger partial charge in [-0.1, -0.05) is 48.0 Å². The summed E-state index contributed by atoms with van der Waals surface area (Å²) < 4.78 is 11.6. The predicted octanol–water partition coefficient (Wildman–Crippen LogP) is 5.99. The van der Waals surface area contributed by atoms with Gasteiger partial charge in [0.25, 0.3) is 11.6 Å². The molecule has 0 saturated heterocycles. The van der Waals surface area contributed by atoms with E-state index in [1.165, 1.54) is 12.1 Å². The zero-order valence-corrected chi connectivity index (χ0v) is 20.4. The molecule has 0 atom stereocenters. The highest BCUT2D eigenvalue weighted by Gasteiger charge is 2.29. The first-order chi connectivity index (χ1) is 17.8. The lowest BCUT2D eigenvalue weighted by Crippen LogP contribution is -2.22. The number of benzene rings is 3. The van der Waals surface area contributed by atoms with Crippen LogP contribution in [0.1, 0.15) is 50.6 Å². The van der Waals surface area contributed by atoms with E-state index in [-0.39, 0.29) is 22.0 Å². The number of nitro benzene ring substituents is 1. The Morgan fingerprint density at radius 2 is 1.89 bits per heavy atom. The van der Waals surface area contributed by atoms with Gasteiger partial charge in [-0.25, -0.2) is 10.2 Å². The number of fused-ring (bicyclic) bond motifs is 2. The van der Waals surface area contributed by atoms with Crippen LogP contribution < -0.4 is 10.2 Å². The molecule has 10 heteroatoms. The van der Waals surface area contributed by atoms with E-state index < -0.39 is 16.8 Å². The number of nitrogens with one attached hydrogen (secondary N) is 1. The van der Waals surface area contributed by atoms with Crippen LogP contribution in [0.4, 0.5) is 5.69 Å². The quantitative estimate of drug-likeness (QED) is 0.150. The van der Waals surface area contributed by atoms with E-state index in [1.807, 2.05) is 36.4 Å². The van der Waals surface area contributed by atoms with Crippen molar-refractivity contribution in [2.45, 2.75) is 26.2 Å². The highest BCUT2D eigenvalue weighted by molar-refractivity contribution is 6.32. The average Bonchev–Trinajstić information content (AvgIpc) is 3.24. The molecule has 0 radical (unpaired) electrons. The molecule has 0 saturated carbocycles. The Bertz CT molecular complexity index is 1600. The van der Waals surface area contributed by atoms with Gasteiger partial charge in [-0.2, -0.15) is 5.10 Å². The molecule has 1 heterocycles. The number of amides is 1. The summed E-state index contributed by atoms with van der Waals surface area (Å²) in [6.45, 7) is 1.74. The van der Waals surface area contributed by atoms with E-state index >= 15 is 0 Å². The number of hydrazone groups is 1. The zero-order chi connectivity index (χ0) is 26.1. The second-order valence-electron chi connectivity index (χ2n) is 8.50. The Kier molecular flexibility index (Phi) is 6.45. The normalized spacial score (nSPS) is 13.8. The van der Waals surface area contributed by atoms with Crippen LogP contribution >= 0.6 is 11.6 Å². The summed E-state index contributed by atoms with van der Waals surface area (Å²) in [5.41, 5.74) is 3.88. The second kappa shape index (κ2) is 9.87. The van der Waals surface area contributed by atoms with Crippen molar-refractivity contribution in [1.82, 2.24) is 5.43 Å². The summed E-state index contributed by atoms with van der Waals surface area (Å²) in [5.74, 6) is -0.165. The molecular weight excluding hydrogens is 498 g/mol. The van der Waals surface area contributed by atoms with Gasteiger partial charge in [-0.15, -0.1) is 0 Å². The molecule has 1 amide bonds. The van der Waals surface area contributed by atoms with Crippen LogP contribution in [0.15, 0.2) is 70.2 Å². The molecule has 0 spiro atoms. The third kappa shape index (κ3) is 4.68. The van der Waals surface area contributed by atoms with Crippen LogP contribution in [0, 0.1) is 17.0 Å². The topological polar surface area (TPSA) is 124 Å². The summed E-state index contributed by atoms with van der Waals surface area (Å²) in [7, 11) is 0. The van der Waals surface area contributed by atoms with Gasteiger partial charge in [0, 0.05) is 34.6 Å². The number of halogens is 1. The average molecular weight is 518 g/mol. The first-order valence-corrected chi connectivity index (χ1v) is 11.8. The summed E-state index contributed by atoms with van der Waals surface area (Å²) in [5, 5.41) is 17.1. The molecule has 0 unspecified atom stereocenters. The molecule has 0 aliphatic heterocycles. The fourth-order valence-corrected chi connectivity index (χ4v) is 4.57. The largest absolute Gasteiger partial charge is 0.453 e. The molecule has 1 aromatic heterocycles. The minimum Gasteiger partial charge on any atom is -0.453 e. The van der Waals surface area contributed by atoms with Crippen molar-refractivity contribution in [3.63, 3.8) is 0 Å². The highest BCUT2D eigenvalue weighted by atomic mass is 35.5. The van der Waals surface area contributed by atoms with Crippen LogP contribution in [0.2, 0.25) is 5.02 Å². The molecule has 0 bridgehead atoms. The molecule has 5 rings (SSSR count). The number of furan rings is 1. The van der Waals surface area contributed by atoms with Gasteiger partial charge in [0.1, 0.15) is 16.5 Å². The first kappa shape index (κ1) is 24.2. The fraction of sp³-hybridized carbons (Fsp3) is 0.148. The number of rotatable bonds is 5. The van der Waals surface area contributed by atoms with E-state index in [9.17, 15) is 19.7 Å². The maximum Gasteiger partial charge on any atom is 0.379 e. The lowest BCUT2D eigenvalue weighted by atomic mass is 9.93. The Morgan fingerprint density at radius 3 is 2.70 bits per heavy atom.